The number of carbonyl (C=O) groups is 3. The summed E-state index contributed by atoms with van der Waals surface area (Å²) < 4.78 is 17.9. The second-order valence-electron chi connectivity index (χ2n) is 9.66. The molecule has 0 saturated carbocycles. The van der Waals surface area contributed by atoms with Gasteiger partial charge in [-0.1, -0.05) is 45.1 Å². The number of halogens is 1. The molecule has 2 aromatic carbocycles. The molecule has 0 aliphatic carbocycles. The smallest absolute Gasteiger partial charge is 0.305 e. The van der Waals surface area contributed by atoms with Crippen molar-refractivity contribution >= 4 is 62.4 Å². The average Bonchev–Trinajstić information content (AvgIpc) is 3.47. The summed E-state index contributed by atoms with van der Waals surface area (Å²) in [6.07, 6.45) is 0. The Balaban J connectivity index is 1.34. The lowest BCUT2D eigenvalue weighted by Gasteiger charge is -2.30. The van der Waals surface area contributed by atoms with Crippen LogP contribution in [-0.4, -0.2) is 72.4 Å². The Morgan fingerprint density at radius 3 is 2.54 bits per heavy atom. The number of nitrogens with zero attached hydrogens (tertiary/aromatic N) is 2. The van der Waals surface area contributed by atoms with E-state index in [9.17, 15) is 19.2 Å². The highest BCUT2D eigenvalue weighted by Crippen LogP contribution is 2.53. The van der Waals surface area contributed by atoms with Crippen LogP contribution in [0.3, 0.4) is 0 Å². The molecule has 41 heavy (non-hydrogen) atoms. The van der Waals surface area contributed by atoms with Crippen molar-refractivity contribution in [1.29, 1.82) is 0 Å². The summed E-state index contributed by atoms with van der Waals surface area (Å²) >= 11 is 5.67. The summed E-state index contributed by atoms with van der Waals surface area (Å²) in [7, 11) is 0. The fraction of sp³-hybridized carbons (Fsp3) is 0.357. The number of aromatic nitrogens is 1. The minimum Gasteiger partial charge on any atom is -0.490 e. The molecule has 214 valence electrons. The van der Waals surface area contributed by atoms with E-state index in [-0.39, 0.29) is 29.2 Å². The van der Waals surface area contributed by atoms with E-state index in [4.69, 9.17) is 14.2 Å². The molecule has 3 aliphatic rings. The largest absolute Gasteiger partial charge is 0.490 e. The van der Waals surface area contributed by atoms with Gasteiger partial charge in [-0.05, 0) is 48.9 Å². The number of amides is 3. The van der Waals surface area contributed by atoms with Gasteiger partial charge in [0.2, 0.25) is 11.8 Å². The maximum absolute atomic E-state index is 13.9. The highest BCUT2D eigenvalue weighted by molar-refractivity contribution is 9.10. The third kappa shape index (κ3) is 5.31. The Hall–Kier alpha value is -3.13. The number of imide groups is 1. The number of aromatic amines is 1. The molecule has 0 spiro atoms. The monoisotopic (exact) mass is 659 g/mol. The molecular weight excluding hydrogens is 634 g/mol. The van der Waals surface area contributed by atoms with Gasteiger partial charge in [-0.25, -0.2) is 4.90 Å². The van der Waals surface area contributed by atoms with Crippen LogP contribution in [0.1, 0.15) is 23.3 Å². The normalized spacial score (nSPS) is 22.0. The van der Waals surface area contributed by atoms with Crippen molar-refractivity contribution in [1.82, 2.24) is 9.88 Å². The van der Waals surface area contributed by atoms with Crippen LogP contribution < -0.4 is 19.2 Å². The lowest BCUT2D eigenvalue weighted by Crippen LogP contribution is -2.43. The first-order chi connectivity index (χ1) is 19.9. The van der Waals surface area contributed by atoms with Crippen LogP contribution in [0.15, 0.2) is 56.8 Å². The molecule has 6 rings (SSSR count). The van der Waals surface area contributed by atoms with E-state index in [0.29, 0.717) is 65.6 Å². The molecule has 0 radical (unpaired) electrons. The standard InChI is InChI=1S/C28H26BrN3O7S2/c1-2-38-19-13-15(3-8-18(19)39-14-20(33)31-9-11-37-12-10-31)21-22-24(40-25-23(21)41-28(36)30-25)27(35)32(26(22)34)17-6-4-16(29)5-7-17/h3-8,13,21-22,24H,2,9-12,14H2,1H3,(H,30,36)/t21-,22-,24+/m0/s1. The van der Waals surface area contributed by atoms with Gasteiger partial charge < -0.3 is 24.1 Å². The van der Waals surface area contributed by atoms with Crippen LogP contribution in [-0.2, 0) is 19.1 Å². The van der Waals surface area contributed by atoms with Crippen molar-refractivity contribution in [3.63, 3.8) is 0 Å². The average molecular weight is 661 g/mol. The first kappa shape index (κ1) is 28.0. The van der Waals surface area contributed by atoms with Gasteiger partial charge in [0, 0.05) is 28.4 Å². The minimum atomic E-state index is -0.723. The third-order valence-corrected chi connectivity index (χ3v) is 10.2. The Bertz CT molecular complexity index is 1550. The van der Waals surface area contributed by atoms with E-state index < -0.39 is 17.1 Å². The molecule has 13 heteroatoms. The Kier molecular flexibility index (Phi) is 7.94. The lowest BCUT2D eigenvalue weighted by atomic mass is 9.83. The number of anilines is 1. The zero-order valence-corrected chi connectivity index (χ0v) is 25.2. The van der Waals surface area contributed by atoms with Crippen LogP contribution in [0.25, 0.3) is 0 Å². The molecule has 0 bridgehead atoms. The molecule has 1 N–H and O–H groups in total. The van der Waals surface area contributed by atoms with Crippen molar-refractivity contribution < 1.29 is 28.6 Å². The van der Waals surface area contributed by atoms with E-state index >= 15 is 0 Å². The van der Waals surface area contributed by atoms with Crippen molar-refractivity contribution in [3.05, 3.63) is 67.0 Å². The van der Waals surface area contributed by atoms with Crippen molar-refractivity contribution in [2.75, 3.05) is 44.4 Å². The number of H-pyrrole nitrogens is 1. The molecule has 3 aromatic rings. The number of thioether (sulfide) groups is 1. The SMILES string of the molecule is CCOc1cc([C@@H]2c3sc(=O)[nH]c3S[C@H]3C(=O)N(c4ccc(Br)cc4)C(=O)[C@@H]23)ccc1OCC(=O)N1CCOCC1. The maximum Gasteiger partial charge on any atom is 0.305 e. The van der Waals surface area contributed by atoms with E-state index in [1.807, 2.05) is 13.0 Å². The molecule has 3 amide bonds. The summed E-state index contributed by atoms with van der Waals surface area (Å²) in [5.41, 5.74) is 1.21. The van der Waals surface area contributed by atoms with Gasteiger partial charge in [0.05, 0.1) is 36.5 Å². The van der Waals surface area contributed by atoms with Gasteiger partial charge in [0.1, 0.15) is 5.25 Å². The number of ether oxygens (including phenoxy) is 3. The molecule has 0 unspecified atom stereocenters. The predicted molar refractivity (Wildman–Crippen MR) is 157 cm³/mol. The van der Waals surface area contributed by atoms with Crippen molar-refractivity contribution in [3.8, 4) is 11.5 Å². The predicted octanol–water partition coefficient (Wildman–Crippen LogP) is 3.63. The molecule has 2 saturated heterocycles. The van der Waals surface area contributed by atoms with Gasteiger partial charge in [-0.15, -0.1) is 0 Å². The van der Waals surface area contributed by atoms with Crippen LogP contribution in [0.4, 0.5) is 5.69 Å². The lowest BCUT2D eigenvalue weighted by molar-refractivity contribution is -0.137. The first-order valence-corrected chi connectivity index (χ1v) is 15.6. The number of benzene rings is 2. The zero-order chi connectivity index (χ0) is 28.7. The topological polar surface area (TPSA) is 118 Å². The molecule has 3 atom stereocenters. The number of hydrogen-bond acceptors (Lipinski definition) is 9. The van der Waals surface area contributed by atoms with Gasteiger partial charge in [-0.3, -0.25) is 19.2 Å². The van der Waals surface area contributed by atoms with E-state index in [0.717, 1.165) is 15.8 Å². The first-order valence-electron chi connectivity index (χ1n) is 13.1. The number of fused-ring (bicyclic) bond motifs is 2. The highest BCUT2D eigenvalue weighted by atomic mass is 79.9. The van der Waals surface area contributed by atoms with Gasteiger partial charge in [0.25, 0.3) is 5.91 Å². The number of hydrogen-bond donors (Lipinski definition) is 1. The molecular formula is C28H26BrN3O7S2. The summed E-state index contributed by atoms with van der Waals surface area (Å²) in [4.78, 5) is 58.9. The van der Waals surface area contributed by atoms with Crippen molar-refractivity contribution in [2.24, 2.45) is 5.92 Å². The number of carbonyl (C=O) groups excluding carboxylic acids is 3. The Labute approximate surface area is 252 Å². The fourth-order valence-electron chi connectivity index (χ4n) is 5.37. The zero-order valence-electron chi connectivity index (χ0n) is 22.0. The number of rotatable bonds is 7. The van der Waals surface area contributed by atoms with Gasteiger partial charge >= 0.3 is 4.87 Å². The van der Waals surface area contributed by atoms with Crippen molar-refractivity contribution in [2.45, 2.75) is 23.1 Å². The van der Waals surface area contributed by atoms with Crippen LogP contribution in [0.2, 0.25) is 0 Å². The highest BCUT2D eigenvalue weighted by Gasteiger charge is 2.56. The van der Waals surface area contributed by atoms with E-state index in [1.54, 1.807) is 41.3 Å². The second kappa shape index (κ2) is 11.6. The fourth-order valence-corrected chi connectivity index (χ4v) is 8.15. The number of morpholine rings is 1. The van der Waals surface area contributed by atoms with Gasteiger partial charge in [-0.2, -0.15) is 0 Å². The molecule has 10 nitrogen and oxygen atoms in total. The number of nitrogens with one attached hydrogen (secondary N) is 1. The maximum atomic E-state index is 13.9. The summed E-state index contributed by atoms with van der Waals surface area (Å²) in [6.45, 7) is 4.08. The third-order valence-electron chi connectivity index (χ3n) is 7.25. The Morgan fingerprint density at radius 1 is 1.05 bits per heavy atom. The Morgan fingerprint density at radius 2 is 1.80 bits per heavy atom. The molecule has 3 aliphatic heterocycles. The van der Waals surface area contributed by atoms with E-state index in [1.165, 1.54) is 16.7 Å². The van der Waals surface area contributed by atoms with Gasteiger partial charge in [0.15, 0.2) is 18.1 Å². The molecule has 4 heterocycles. The summed E-state index contributed by atoms with van der Waals surface area (Å²) in [5, 5.41) is -0.106. The minimum absolute atomic E-state index is 0.142. The molecule has 2 fully saturated rings. The summed E-state index contributed by atoms with van der Waals surface area (Å²) in [6, 6.07) is 12.3. The van der Waals surface area contributed by atoms with Crippen LogP contribution >= 0.6 is 39.0 Å². The number of thiazole rings is 1. The molecule has 1 aromatic heterocycles. The quantitative estimate of drug-likeness (QED) is 0.382. The second-order valence-corrected chi connectivity index (χ2v) is 12.7. The van der Waals surface area contributed by atoms with E-state index in [2.05, 4.69) is 20.9 Å². The van der Waals surface area contributed by atoms with Crippen LogP contribution in [0, 0.1) is 5.92 Å². The summed E-state index contributed by atoms with van der Waals surface area (Å²) in [5.74, 6) is -1.24. The van der Waals surface area contributed by atoms with Crippen LogP contribution in [0.5, 0.6) is 11.5 Å².